The molecule has 0 bridgehead atoms. The quantitative estimate of drug-likeness (QED) is 0.521. The Hall–Kier alpha value is 0.110. The number of hydrogen-bond donors (Lipinski definition) is 3. The first-order chi connectivity index (χ1) is 5.37. The Morgan fingerprint density at radius 2 is 1.83 bits per heavy atom. The summed E-state index contributed by atoms with van der Waals surface area (Å²) < 4.78 is 11.1. The molecule has 3 saturated carbocycles. The van der Waals surface area contributed by atoms with Crippen molar-refractivity contribution >= 4 is 7.60 Å². The highest BCUT2D eigenvalue weighted by Crippen LogP contribution is 2.96. The van der Waals surface area contributed by atoms with Crippen molar-refractivity contribution < 1.29 is 14.4 Å². The van der Waals surface area contributed by atoms with Crippen molar-refractivity contribution in [3.63, 3.8) is 0 Å². The predicted molar refractivity (Wildman–Crippen MR) is 42.3 cm³/mol. The third-order valence-electron chi connectivity index (χ3n) is 4.18. The summed E-state index contributed by atoms with van der Waals surface area (Å²) in [6.45, 7) is 0. The fourth-order valence-corrected chi connectivity index (χ4v) is 4.35. The molecule has 3 aliphatic rings. The molecule has 3 fully saturated rings. The molecule has 0 aromatic rings. The van der Waals surface area contributed by atoms with E-state index in [2.05, 4.69) is 0 Å². The van der Waals surface area contributed by atoms with Gasteiger partial charge in [0.25, 0.3) is 0 Å². The molecule has 0 radical (unpaired) electrons. The molecule has 0 aromatic carbocycles. The summed E-state index contributed by atoms with van der Waals surface area (Å²) >= 11 is 0. The van der Waals surface area contributed by atoms with Crippen molar-refractivity contribution in [1.29, 1.82) is 0 Å². The zero-order valence-corrected chi connectivity index (χ0v) is 7.55. The maximum absolute atomic E-state index is 11.1. The first-order valence-electron chi connectivity index (χ1n) is 4.22. The Labute approximate surface area is 70.3 Å². The molecule has 0 aromatic heterocycles. The number of rotatable bonds is 1. The average Bonchev–Trinajstić information content (AvgIpc) is 2.74. The lowest BCUT2D eigenvalue weighted by Gasteiger charge is -2.12. The monoisotopic (exact) mass is 189 g/mol. The fraction of sp³-hybridized carbons (Fsp3) is 1.00. The fourth-order valence-electron chi connectivity index (χ4n) is 3.00. The lowest BCUT2D eigenvalue weighted by atomic mass is 10.3. The van der Waals surface area contributed by atoms with E-state index >= 15 is 0 Å². The number of nitrogens with two attached hydrogens (primary N) is 1. The zero-order chi connectivity index (χ0) is 8.83. The predicted octanol–water partition coefficient (Wildman–Crippen LogP) is 0.393. The van der Waals surface area contributed by atoms with Gasteiger partial charge in [-0.3, -0.25) is 4.57 Å². The van der Waals surface area contributed by atoms with Crippen LogP contribution in [0.25, 0.3) is 0 Å². The van der Waals surface area contributed by atoms with E-state index in [-0.39, 0.29) is 10.8 Å². The van der Waals surface area contributed by atoms with Gasteiger partial charge in [-0.2, -0.15) is 0 Å². The van der Waals surface area contributed by atoms with Gasteiger partial charge in [0.05, 0.1) is 0 Å². The number of fused-ring (bicyclic) bond motifs is 1. The molecule has 5 heteroatoms. The second kappa shape index (κ2) is 1.44. The van der Waals surface area contributed by atoms with E-state index in [1.54, 1.807) is 0 Å². The number of hydrogen-bond acceptors (Lipinski definition) is 2. The summed E-state index contributed by atoms with van der Waals surface area (Å²) in [7, 11) is -4.06. The Bertz CT molecular complexity index is 321. The van der Waals surface area contributed by atoms with Gasteiger partial charge in [0.1, 0.15) is 5.28 Å². The van der Waals surface area contributed by atoms with Gasteiger partial charge in [0.2, 0.25) is 0 Å². The van der Waals surface area contributed by atoms with Crippen LogP contribution in [0.2, 0.25) is 0 Å². The van der Waals surface area contributed by atoms with Gasteiger partial charge >= 0.3 is 7.60 Å². The van der Waals surface area contributed by atoms with E-state index in [1.807, 2.05) is 0 Å². The van der Waals surface area contributed by atoms with Crippen LogP contribution in [0.1, 0.15) is 25.7 Å². The van der Waals surface area contributed by atoms with Gasteiger partial charge in [-0.1, -0.05) is 0 Å². The largest absolute Gasteiger partial charge is 0.345 e. The maximum Gasteiger partial charge on any atom is 0.345 e. The minimum Gasteiger partial charge on any atom is -0.323 e. The van der Waals surface area contributed by atoms with Crippen molar-refractivity contribution in [1.82, 2.24) is 0 Å². The molecule has 3 rings (SSSR count). The molecular formula is C7H12NO3P. The summed E-state index contributed by atoms with van der Waals surface area (Å²) in [6.07, 6.45) is 3.77. The minimum atomic E-state index is -4.06. The van der Waals surface area contributed by atoms with Crippen LogP contribution < -0.4 is 5.73 Å². The van der Waals surface area contributed by atoms with Crippen LogP contribution in [0.4, 0.5) is 0 Å². The third kappa shape index (κ3) is 0.522. The van der Waals surface area contributed by atoms with E-state index in [0.717, 1.165) is 19.3 Å². The van der Waals surface area contributed by atoms with Crippen LogP contribution in [0, 0.1) is 10.8 Å². The molecule has 2 atom stereocenters. The van der Waals surface area contributed by atoms with E-state index in [1.165, 1.54) is 0 Å². The Morgan fingerprint density at radius 1 is 1.25 bits per heavy atom. The van der Waals surface area contributed by atoms with Crippen LogP contribution in [0.5, 0.6) is 0 Å². The van der Waals surface area contributed by atoms with E-state index < -0.39 is 12.9 Å². The minimum absolute atomic E-state index is 0.140. The van der Waals surface area contributed by atoms with Crippen LogP contribution in [-0.4, -0.2) is 15.1 Å². The van der Waals surface area contributed by atoms with Gasteiger partial charge in [-0.25, -0.2) is 0 Å². The van der Waals surface area contributed by atoms with E-state index in [4.69, 9.17) is 15.5 Å². The first kappa shape index (κ1) is 7.51. The highest BCUT2D eigenvalue weighted by molar-refractivity contribution is 7.54. The molecule has 12 heavy (non-hydrogen) atoms. The normalized spacial score (nSPS) is 52.9. The van der Waals surface area contributed by atoms with Crippen LogP contribution in [0.3, 0.4) is 0 Å². The average molecular weight is 189 g/mol. The summed E-state index contributed by atoms with van der Waals surface area (Å²) in [4.78, 5) is 18.1. The molecule has 2 unspecified atom stereocenters. The maximum atomic E-state index is 11.1. The van der Waals surface area contributed by atoms with Crippen molar-refractivity contribution in [3.05, 3.63) is 0 Å². The molecule has 4 nitrogen and oxygen atoms in total. The topological polar surface area (TPSA) is 83.6 Å². The zero-order valence-electron chi connectivity index (χ0n) is 6.66. The molecule has 2 spiro atoms. The standard InChI is InChI=1S/C7H12NO3P/c8-7(12(9,10)11)4-6(7)3-5(6)1-2-5/h1-4,8H2,(H2,9,10,11). The second-order valence-electron chi connectivity index (χ2n) is 4.68. The van der Waals surface area contributed by atoms with Gasteiger partial charge in [-0.15, -0.1) is 0 Å². The van der Waals surface area contributed by atoms with Crippen LogP contribution >= 0.6 is 7.60 Å². The van der Waals surface area contributed by atoms with Gasteiger partial charge < -0.3 is 15.5 Å². The van der Waals surface area contributed by atoms with Crippen molar-refractivity contribution in [2.24, 2.45) is 16.6 Å². The Kier molecular flexibility index (Phi) is 0.899. The highest BCUT2D eigenvalue weighted by atomic mass is 31.2. The van der Waals surface area contributed by atoms with Gasteiger partial charge in [-0.05, 0) is 31.1 Å². The Morgan fingerprint density at radius 3 is 2.08 bits per heavy atom. The molecule has 0 amide bonds. The van der Waals surface area contributed by atoms with Gasteiger partial charge in [0, 0.05) is 5.41 Å². The lowest BCUT2D eigenvalue weighted by molar-refractivity contribution is 0.347. The highest BCUT2D eigenvalue weighted by Gasteiger charge is 2.93. The summed E-state index contributed by atoms with van der Waals surface area (Å²) in [5, 5.41) is -1.14. The molecule has 0 aliphatic heterocycles. The second-order valence-corrected chi connectivity index (χ2v) is 6.57. The summed E-state index contributed by atoms with van der Waals surface area (Å²) in [5.74, 6) is 0. The Balaban J connectivity index is 1.96. The third-order valence-corrected chi connectivity index (χ3v) is 5.80. The molecule has 3 aliphatic carbocycles. The summed E-state index contributed by atoms with van der Waals surface area (Å²) in [6, 6.07) is 0. The van der Waals surface area contributed by atoms with Crippen molar-refractivity contribution in [2.75, 3.05) is 0 Å². The van der Waals surface area contributed by atoms with E-state index in [9.17, 15) is 4.57 Å². The molecule has 4 N–H and O–H groups in total. The SMILES string of the molecule is NC1(P(=O)(O)O)CC12CC21CC1. The van der Waals surface area contributed by atoms with Crippen molar-refractivity contribution in [3.8, 4) is 0 Å². The summed E-state index contributed by atoms with van der Waals surface area (Å²) in [5.41, 5.74) is 5.86. The van der Waals surface area contributed by atoms with E-state index in [0.29, 0.717) is 6.42 Å². The van der Waals surface area contributed by atoms with Crippen molar-refractivity contribution in [2.45, 2.75) is 31.0 Å². The lowest BCUT2D eigenvalue weighted by Crippen LogP contribution is -2.26. The van der Waals surface area contributed by atoms with Gasteiger partial charge in [0.15, 0.2) is 0 Å². The molecule has 0 saturated heterocycles. The van der Waals surface area contributed by atoms with Crippen LogP contribution in [-0.2, 0) is 4.57 Å². The smallest absolute Gasteiger partial charge is 0.323 e. The molecule has 68 valence electrons. The molecular weight excluding hydrogens is 177 g/mol. The first-order valence-corrected chi connectivity index (χ1v) is 5.83. The molecule has 0 heterocycles. The van der Waals surface area contributed by atoms with Crippen LogP contribution in [0.15, 0.2) is 0 Å².